The lowest BCUT2D eigenvalue weighted by molar-refractivity contribution is -0.176. The van der Waals surface area contributed by atoms with E-state index < -0.39 is 37.3 Å². The molecule has 5 aromatic rings. The number of para-hydroxylation sites is 1. The highest BCUT2D eigenvalue weighted by atomic mass is 32.2. The number of benzene rings is 2. The van der Waals surface area contributed by atoms with Gasteiger partial charge in [-0.05, 0) is 123 Å². The molecule has 8 rings (SSSR count). The number of carbonyl (C=O) groups excluding carboxylic acids is 2. The maximum atomic E-state index is 13.7. The number of carboxylic acids is 1. The van der Waals surface area contributed by atoms with Crippen molar-refractivity contribution in [2.45, 2.75) is 123 Å². The number of hydrogen-bond acceptors (Lipinski definition) is 13. The Morgan fingerprint density at radius 3 is 2.52 bits per heavy atom. The van der Waals surface area contributed by atoms with Crippen molar-refractivity contribution in [3.8, 4) is 11.1 Å². The fourth-order valence-electron chi connectivity index (χ4n) is 12.1. The zero-order valence-electron chi connectivity index (χ0n) is 42.0. The summed E-state index contributed by atoms with van der Waals surface area (Å²) in [4.78, 5) is 53.0. The van der Waals surface area contributed by atoms with Gasteiger partial charge in [0.05, 0.1) is 40.1 Å². The number of aromatic carboxylic acids is 1. The zero-order valence-corrected chi connectivity index (χ0v) is 44.4. The van der Waals surface area contributed by atoms with E-state index in [1.165, 1.54) is 16.2 Å². The summed E-state index contributed by atoms with van der Waals surface area (Å²) in [6, 6.07) is 17.1. The van der Waals surface area contributed by atoms with Gasteiger partial charge >= 0.3 is 5.97 Å². The molecule has 2 fully saturated rings. The first-order valence-corrected chi connectivity index (χ1v) is 29.4. The Balaban J connectivity index is 0.968. The Labute approximate surface area is 432 Å². The summed E-state index contributed by atoms with van der Waals surface area (Å²) in [6.07, 6.45) is 10.9. The predicted molar refractivity (Wildman–Crippen MR) is 283 cm³/mol. The summed E-state index contributed by atoms with van der Waals surface area (Å²) in [6.45, 7) is 11.5. The summed E-state index contributed by atoms with van der Waals surface area (Å²) in [5, 5.41) is 20.0. The summed E-state index contributed by atoms with van der Waals surface area (Å²) in [5.41, 5.74) is 4.33. The standard InChI is InChI=1S/C53H67N7O10S3/c1-5-22-51(4)33-52(23-13-24-53(34-51,35-52)70-28-26-58(27-30-73(67,68)69)46(61)18-8-7-11-29-72(65,66)6-2)36-60-37(3)41(31-54-60)39-19-20-45(56-47(39)49(63)64)59-25-21-38-14-12-15-40(42(38)32-59)48(62)57-50-55-43-16-9-10-17-44(43)71-50/h6,9-10,12,14-17,19-20,31H,2,5,7-8,11,13,18,21-30,32-36H2,1,3-4H3,(H,63,64)(H,55,57,62)(H,67,68,69). The van der Waals surface area contributed by atoms with Crippen LogP contribution in [0.1, 0.15) is 129 Å². The van der Waals surface area contributed by atoms with Crippen molar-refractivity contribution in [2.24, 2.45) is 10.8 Å². The maximum absolute atomic E-state index is 13.7. The van der Waals surface area contributed by atoms with E-state index in [9.17, 15) is 40.9 Å². The average molecular weight is 1060 g/mol. The fourth-order valence-corrected chi connectivity index (χ4v) is 14.2. The first-order valence-electron chi connectivity index (χ1n) is 25.2. The van der Waals surface area contributed by atoms with Gasteiger partial charge in [0, 0.05) is 66.9 Å². The van der Waals surface area contributed by atoms with Gasteiger partial charge in [-0.2, -0.15) is 13.5 Å². The number of pyridine rings is 1. The smallest absolute Gasteiger partial charge is 0.355 e. The van der Waals surface area contributed by atoms with Crippen LogP contribution >= 0.6 is 11.3 Å². The second-order valence-electron chi connectivity index (χ2n) is 20.7. The molecule has 3 aliphatic rings. The van der Waals surface area contributed by atoms with Gasteiger partial charge in [0.2, 0.25) is 5.91 Å². The summed E-state index contributed by atoms with van der Waals surface area (Å²) < 4.78 is 66.6. The van der Waals surface area contributed by atoms with Crippen LogP contribution in [0.5, 0.6) is 0 Å². The van der Waals surface area contributed by atoms with Crippen molar-refractivity contribution in [3.05, 3.63) is 101 Å². The number of sulfone groups is 1. The lowest BCUT2D eigenvalue weighted by Crippen LogP contribution is -2.55. The minimum atomic E-state index is -4.34. The number of thiazole rings is 1. The summed E-state index contributed by atoms with van der Waals surface area (Å²) in [7, 11) is -7.69. The van der Waals surface area contributed by atoms with E-state index in [1.54, 1.807) is 18.3 Å². The van der Waals surface area contributed by atoms with Crippen molar-refractivity contribution in [1.82, 2.24) is 24.6 Å². The molecule has 0 saturated heterocycles. The molecule has 2 amide bonds. The van der Waals surface area contributed by atoms with Crippen LogP contribution in [-0.2, 0) is 49.0 Å². The highest BCUT2D eigenvalue weighted by molar-refractivity contribution is 7.94. The van der Waals surface area contributed by atoms with E-state index in [1.807, 2.05) is 59.0 Å². The van der Waals surface area contributed by atoms with Crippen molar-refractivity contribution < 1.29 is 45.6 Å². The molecule has 2 aliphatic carbocycles. The third-order valence-electron chi connectivity index (χ3n) is 15.1. The molecule has 3 aromatic heterocycles. The van der Waals surface area contributed by atoms with Crippen molar-refractivity contribution in [1.29, 1.82) is 0 Å². The molecule has 3 unspecified atom stereocenters. The monoisotopic (exact) mass is 1060 g/mol. The predicted octanol–water partition coefficient (Wildman–Crippen LogP) is 9.13. The number of rotatable bonds is 23. The molecule has 392 valence electrons. The van der Waals surface area contributed by atoms with Gasteiger partial charge in [-0.1, -0.05) is 68.9 Å². The van der Waals surface area contributed by atoms with E-state index >= 15 is 0 Å². The van der Waals surface area contributed by atoms with Crippen LogP contribution in [0, 0.1) is 17.8 Å². The number of ether oxygens (including phenoxy) is 1. The first-order chi connectivity index (χ1) is 34.7. The highest BCUT2D eigenvalue weighted by Crippen LogP contribution is 2.60. The molecule has 1 aliphatic heterocycles. The van der Waals surface area contributed by atoms with Gasteiger partial charge < -0.3 is 19.6 Å². The van der Waals surface area contributed by atoms with Crippen molar-refractivity contribution in [2.75, 3.05) is 48.0 Å². The molecule has 73 heavy (non-hydrogen) atoms. The summed E-state index contributed by atoms with van der Waals surface area (Å²) in [5.74, 6) is -1.88. The molecular formula is C53H67N7O10S3. The lowest BCUT2D eigenvalue weighted by atomic mass is 9.51. The van der Waals surface area contributed by atoms with Crippen LogP contribution in [-0.4, -0.2) is 112 Å². The number of fused-ring (bicyclic) bond motifs is 4. The van der Waals surface area contributed by atoms with Crippen molar-refractivity contribution >= 4 is 70.2 Å². The number of amides is 2. The van der Waals surface area contributed by atoms with E-state index in [2.05, 4.69) is 30.7 Å². The van der Waals surface area contributed by atoms with Gasteiger partial charge in [0.15, 0.2) is 20.7 Å². The molecule has 3 N–H and O–H groups in total. The molecule has 2 saturated carbocycles. The molecule has 0 radical (unpaired) electrons. The minimum absolute atomic E-state index is 0.0561. The van der Waals surface area contributed by atoms with E-state index in [4.69, 9.17) is 14.8 Å². The lowest BCUT2D eigenvalue weighted by Gasteiger charge is -2.58. The van der Waals surface area contributed by atoms with Gasteiger partial charge in [0.25, 0.3) is 16.0 Å². The minimum Gasteiger partial charge on any atom is -0.476 e. The zero-order chi connectivity index (χ0) is 52.2. The number of carboxylic acid groups (broad SMARTS) is 1. The first kappa shape index (κ1) is 53.7. The highest BCUT2D eigenvalue weighted by Gasteiger charge is 2.55. The molecule has 2 aromatic carbocycles. The number of aromatic nitrogens is 4. The largest absolute Gasteiger partial charge is 0.476 e. The number of anilines is 2. The topological polar surface area (TPSA) is 231 Å². The van der Waals surface area contributed by atoms with Crippen LogP contribution in [0.3, 0.4) is 0 Å². The molecule has 3 atom stereocenters. The van der Waals surface area contributed by atoms with Crippen molar-refractivity contribution in [3.63, 3.8) is 0 Å². The molecule has 2 bridgehead atoms. The second kappa shape index (κ2) is 22.1. The van der Waals surface area contributed by atoms with Gasteiger partial charge in [-0.15, -0.1) is 0 Å². The van der Waals surface area contributed by atoms with Crippen LogP contribution in [0.15, 0.2) is 72.8 Å². The van der Waals surface area contributed by atoms with Gasteiger partial charge in [-0.3, -0.25) is 24.1 Å². The van der Waals surface area contributed by atoms with Crippen LogP contribution < -0.4 is 10.2 Å². The molecular weight excluding hydrogens is 991 g/mol. The Morgan fingerprint density at radius 2 is 1.77 bits per heavy atom. The third-order valence-corrected chi connectivity index (χ3v) is 18.1. The fraction of sp³-hybridized carbons (Fsp3) is 0.509. The number of carbonyl (C=O) groups is 3. The molecule has 17 nitrogen and oxygen atoms in total. The van der Waals surface area contributed by atoms with Crippen LogP contribution in [0.4, 0.5) is 10.9 Å². The molecule has 20 heteroatoms. The number of hydrogen-bond donors (Lipinski definition) is 3. The maximum Gasteiger partial charge on any atom is 0.355 e. The molecule has 4 heterocycles. The molecule has 0 spiro atoms. The quantitative estimate of drug-likeness (QED) is 0.0409. The Morgan fingerprint density at radius 1 is 0.959 bits per heavy atom. The number of nitrogens with one attached hydrogen (secondary N) is 1. The Bertz CT molecular complexity index is 3070. The summed E-state index contributed by atoms with van der Waals surface area (Å²) >= 11 is 1.41. The van der Waals surface area contributed by atoms with E-state index in [-0.39, 0.29) is 60.2 Å². The van der Waals surface area contributed by atoms with Crippen LogP contribution in [0.2, 0.25) is 0 Å². The van der Waals surface area contributed by atoms with E-state index in [0.717, 1.165) is 83.8 Å². The van der Waals surface area contributed by atoms with Crippen LogP contribution in [0.25, 0.3) is 21.3 Å². The third kappa shape index (κ3) is 12.9. The Hall–Kier alpha value is -5.54. The number of unbranched alkanes of at least 4 members (excludes halogenated alkanes) is 2. The number of nitrogens with zero attached hydrogens (tertiary/aromatic N) is 6. The van der Waals surface area contributed by atoms with E-state index in [0.29, 0.717) is 73.0 Å². The Kier molecular flexibility index (Phi) is 16.3. The van der Waals surface area contributed by atoms with Gasteiger partial charge in [0.1, 0.15) is 5.82 Å². The van der Waals surface area contributed by atoms with Gasteiger partial charge in [-0.25, -0.2) is 23.2 Å². The second-order valence-corrected chi connectivity index (χ2v) is 25.4. The normalized spacial score (nSPS) is 20.9. The average Bonchev–Trinajstić information content (AvgIpc) is 3.92. The SMILES string of the molecule is C=CS(=O)(=O)CCCCCC(=O)N(CCOC12CCCC(Cn3ncc(-c4ccc(N5CCc6cccc(C(=O)Nc7nc8ccccc8s7)c6C5)nc4C(=O)O)c3C)(CC(C)(CCC)C1)C2)CCS(=O)(=O)O.